The summed E-state index contributed by atoms with van der Waals surface area (Å²) in [6.45, 7) is 1.28. The van der Waals surface area contributed by atoms with E-state index < -0.39 is 15.9 Å². The first-order chi connectivity index (χ1) is 9.35. The lowest BCUT2D eigenvalue weighted by molar-refractivity contribution is -0.128. The third-order valence-electron chi connectivity index (χ3n) is 3.04. The zero-order valence-corrected chi connectivity index (χ0v) is 11.9. The number of likely N-dealkylation sites (tertiary alicyclic amines) is 1. The Hall–Kier alpha value is -1.89. The van der Waals surface area contributed by atoms with Crippen LogP contribution in [0.25, 0.3) is 0 Å². The molecule has 1 aliphatic heterocycles. The van der Waals surface area contributed by atoms with Crippen LogP contribution in [0.5, 0.6) is 0 Å². The maximum absolute atomic E-state index is 11.6. The number of nitrogens with one attached hydrogen (secondary N) is 1. The fourth-order valence-corrected chi connectivity index (χ4v) is 2.54. The van der Waals surface area contributed by atoms with Crippen LogP contribution >= 0.6 is 0 Å². The molecule has 0 atom stereocenters. The molecular weight excluding hydrogens is 280 g/mol. The Bertz CT molecular complexity index is 622. The highest BCUT2D eigenvalue weighted by Crippen LogP contribution is 2.14. The van der Waals surface area contributed by atoms with Crippen LogP contribution in [0.15, 0.2) is 24.3 Å². The molecular formula is C13H16N2O4S. The summed E-state index contributed by atoms with van der Waals surface area (Å²) < 4.78 is 23.8. The van der Waals surface area contributed by atoms with E-state index in [2.05, 4.69) is 0 Å². The molecule has 0 saturated carbocycles. The first kappa shape index (κ1) is 14.5. The van der Waals surface area contributed by atoms with Crippen molar-refractivity contribution in [2.75, 3.05) is 12.8 Å². The van der Waals surface area contributed by atoms with E-state index in [4.69, 9.17) is 0 Å². The summed E-state index contributed by atoms with van der Waals surface area (Å²) in [6.07, 6.45) is 2.40. The molecule has 6 nitrogen and oxygen atoms in total. The molecule has 1 aliphatic rings. The van der Waals surface area contributed by atoms with Crippen molar-refractivity contribution < 1.29 is 18.0 Å². The molecule has 7 heteroatoms. The minimum absolute atomic E-state index is 0.142. The molecule has 1 heterocycles. The van der Waals surface area contributed by atoms with Crippen molar-refractivity contribution in [2.24, 2.45) is 0 Å². The molecule has 1 aromatic carbocycles. The van der Waals surface area contributed by atoms with E-state index >= 15 is 0 Å². The average molecular weight is 296 g/mol. The fraction of sp³-hybridized carbons (Fsp3) is 0.385. The molecule has 20 heavy (non-hydrogen) atoms. The van der Waals surface area contributed by atoms with Crippen molar-refractivity contribution in [3.05, 3.63) is 35.4 Å². The van der Waals surface area contributed by atoms with Crippen molar-refractivity contribution in [1.82, 2.24) is 9.62 Å². The van der Waals surface area contributed by atoms with Gasteiger partial charge < -0.3 is 4.90 Å². The highest BCUT2D eigenvalue weighted by molar-refractivity contribution is 7.89. The SMILES string of the molecule is CS(=O)(=O)NC(=O)c1ccc(CN2CCCC2=O)cc1. The predicted molar refractivity (Wildman–Crippen MR) is 73.4 cm³/mol. The summed E-state index contributed by atoms with van der Waals surface area (Å²) in [4.78, 5) is 24.9. The van der Waals surface area contributed by atoms with Gasteiger partial charge in [0.25, 0.3) is 5.91 Å². The second kappa shape index (κ2) is 5.62. The van der Waals surface area contributed by atoms with Gasteiger partial charge in [0.2, 0.25) is 15.9 Å². The summed E-state index contributed by atoms with van der Waals surface area (Å²) in [5, 5.41) is 0. The molecule has 0 radical (unpaired) electrons. The smallest absolute Gasteiger partial charge is 0.264 e. The number of benzene rings is 1. The van der Waals surface area contributed by atoms with Crippen LogP contribution < -0.4 is 4.72 Å². The first-order valence-electron chi connectivity index (χ1n) is 6.24. The number of amides is 2. The quantitative estimate of drug-likeness (QED) is 0.877. The van der Waals surface area contributed by atoms with Gasteiger partial charge in [-0.05, 0) is 24.1 Å². The predicted octanol–water partition coefficient (Wildman–Crippen LogP) is 0.498. The Morgan fingerprint density at radius 1 is 1.30 bits per heavy atom. The molecule has 1 fully saturated rings. The number of rotatable bonds is 4. The second-order valence-corrected chi connectivity index (χ2v) is 6.57. The number of hydrogen-bond donors (Lipinski definition) is 1. The van der Waals surface area contributed by atoms with Gasteiger partial charge >= 0.3 is 0 Å². The minimum atomic E-state index is -3.56. The summed E-state index contributed by atoms with van der Waals surface area (Å²) in [5.41, 5.74) is 1.18. The standard InChI is InChI=1S/C13H16N2O4S/c1-20(18,19)14-13(17)11-6-4-10(5-7-11)9-15-8-2-3-12(15)16/h4-7H,2-3,8-9H2,1H3,(H,14,17). The molecule has 0 bridgehead atoms. The van der Waals surface area contributed by atoms with Gasteiger partial charge in [-0.2, -0.15) is 0 Å². The van der Waals surface area contributed by atoms with Crippen molar-refractivity contribution in [2.45, 2.75) is 19.4 Å². The largest absolute Gasteiger partial charge is 0.338 e. The van der Waals surface area contributed by atoms with Crippen molar-refractivity contribution in [3.63, 3.8) is 0 Å². The zero-order valence-electron chi connectivity index (χ0n) is 11.1. The van der Waals surface area contributed by atoms with Crippen LogP contribution in [-0.2, 0) is 21.4 Å². The van der Waals surface area contributed by atoms with Gasteiger partial charge in [-0.3, -0.25) is 9.59 Å². The maximum atomic E-state index is 11.6. The number of carbonyl (C=O) groups excluding carboxylic acids is 2. The molecule has 1 N–H and O–H groups in total. The van der Waals surface area contributed by atoms with E-state index in [1.807, 2.05) is 4.72 Å². The van der Waals surface area contributed by atoms with E-state index in [1.165, 1.54) is 0 Å². The molecule has 108 valence electrons. The lowest BCUT2D eigenvalue weighted by atomic mass is 10.1. The van der Waals surface area contributed by atoms with Crippen LogP contribution in [0.2, 0.25) is 0 Å². The normalized spacial score (nSPS) is 15.4. The lowest BCUT2D eigenvalue weighted by Gasteiger charge is -2.15. The molecule has 0 aliphatic carbocycles. The minimum Gasteiger partial charge on any atom is -0.338 e. The van der Waals surface area contributed by atoms with Gasteiger partial charge in [-0.1, -0.05) is 12.1 Å². The van der Waals surface area contributed by atoms with Crippen LogP contribution in [-0.4, -0.2) is 37.9 Å². The molecule has 1 aromatic rings. The number of nitrogens with zero attached hydrogens (tertiary/aromatic N) is 1. The Balaban J connectivity index is 2.02. The topological polar surface area (TPSA) is 83.6 Å². The summed E-state index contributed by atoms with van der Waals surface area (Å²) in [6, 6.07) is 6.55. The Morgan fingerprint density at radius 2 is 1.95 bits per heavy atom. The third-order valence-corrected chi connectivity index (χ3v) is 3.60. The van der Waals surface area contributed by atoms with Gasteiger partial charge in [0.15, 0.2) is 0 Å². The zero-order chi connectivity index (χ0) is 14.8. The maximum Gasteiger partial charge on any atom is 0.264 e. The molecule has 0 spiro atoms. The van der Waals surface area contributed by atoms with Gasteiger partial charge in [0, 0.05) is 25.1 Å². The van der Waals surface area contributed by atoms with Crippen LogP contribution in [0.3, 0.4) is 0 Å². The van der Waals surface area contributed by atoms with E-state index in [0.717, 1.165) is 24.8 Å². The van der Waals surface area contributed by atoms with Crippen molar-refractivity contribution >= 4 is 21.8 Å². The van der Waals surface area contributed by atoms with Crippen LogP contribution in [0.4, 0.5) is 0 Å². The number of hydrogen-bond acceptors (Lipinski definition) is 4. The van der Waals surface area contributed by atoms with Crippen molar-refractivity contribution in [1.29, 1.82) is 0 Å². The van der Waals surface area contributed by atoms with E-state index in [9.17, 15) is 18.0 Å². The van der Waals surface area contributed by atoms with E-state index in [0.29, 0.717) is 13.0 Å². The molecule has 0 aromatic heterocycles. The van der Waals surface area contributed by atoms with Crippen LogP contribution in [0, 0.1) is 0 Å². The Kier molecular flexibility index (Phi) is 4.08. The van der Waals surface area contributed by atoms with Gasteiger partial charge in [0.1, 0.15) is 0 Å². The first-order valence-corrected chi connectivity index (χ1v) is 8.13. The fourth-order valence-electron chi connectivity index (χ4n) is 2.08. The Morgan fingerprint density at radius 3 is 2.45 bits per heavy atom. The lowest BCUT2D eigenvalue weighted by Crippen LogP contribution is -2.29. The Labute approximate surface area is 117 Å². The average Bonchev–Trinajstić information content (AvgIpc) is 2.74. The highest BCUT2D eigenvalue weighted by atomic mass is 32.2. The molecule has 1 saturated heterocycles. The number of carbonyl (C=O) groups is 2. The van der Waals surface area contributed by atoms with Gasteiger partial charge in [0.05, 0.1) is 6.26 Å². The van der Waals surface area contributed by atoms with Gasteiger partial charge in [-0.25, -0.2) is 13.1 Å². The summed E-state index contributed by atoms with van der Waals surface area (Å²) >= 11 is 0. The van der Waals surface area contributed by atoms with Crippen LogP contribution in [0.1, 0.15) is 28.8 Å². The summed E-state index contributed by atoms with van der Waals surface area (Å²) in [5.74, 6) is -0.514. The monoisotopic (exact) mass is 296 g/mol. The van der Waals surface area contributed by atoms with Crippen molar-refractivity contribution in [3.8, 4) is 0 Å². The van der Waals surface area contributed by atoms with E-state index in [-0.39, 0.29) is 11.5 Å². The summed E-state index contributed by atoms with van der Waals surface area (Å²) in [7, 11) is -3.56. The van der Waals surface area contributed by atoms with E-state index in [1.54, 1.807) is 29.2 Å². The molecule has 0 unspecified atom stereocenters. The molecule has 2 amide bonds. The third kappa shape index (κ3) is 3.80. The second-order valence-electron chi connectivity index (χ2n) is 4.82. The van der Waals surface area contributed by atoms with Gasteiger partial charge in [-0.15, -0.1) is 0 Å². The number of sulfonamides is 1. The highest BCUT2D eigenvalue weighted by Gasteiger charge is 2.20. The molecule has 2 rings (SSSR count).